The minimum atomic E-state index is -0.816. The Labute approximate surface area is 332 Å². The summed E-state index contributed by atoms with van der Waals surface area (Å²) in [4.78, 5) is 70.3. The summed E-state index contributed by atoms with van der Waals surface area (Å²) in [5, 5.41) is 7.92. The smallest absolute Gasteiger partial charge is 0.410 e. The molecule has 0 saturated carbocycles. The van der Waals surface area contributed by atoms with Crippen molar-refractivity contribution in [2.45, 2.75) is 105 Å². The number of rotatable bonds is 14. The third-order valence-electron chi connectivity index (χ3n) is 7.96. The number of alkyl carbamates (subject to hydrolysis) is 1. The van der Waals surface area contributed by atoms with E-state index in [1.807, 2.05) is 42.5 Å². The molecule has 56 heavy (non-hydrogen) atoms. The molecule has 0 fully saturated rings. The third kappa shape index (κ3) is 15.4. The van der Waals surface area contributed by atoms with E-state index in [9.17, 15) is 24.0 Å². The second-order valence-electron chi connectivity index (χ2n) is 17.8. The van der Waals surface area contributed by atoms with Gasteiger partial charge in [0.15, 0.2) is 5.78 Å². The Bertz CT molecular complexity index is 1740. The zero-order valence-electron chi connectivity index (χ0n) is 35.4. The second-order valence-corrected chi connectivity index (χ2v) is 17.8. The molecule has 0 bridgehead atoms. The van der Waals surface area contributed by atoms with E-state index in [1.165, 1.54) is 14.7 Å². The van der Waals surface area contributed by atoms with E-state index in [1.54, 1.807) is 83.1 Å². The minimum Gasteiger partial charge on any atom is -0.444 e. The first-order valence-electron chi connectivity index (χ1n) is 19.2. The van der Waals surface area contributed by atoms with Crippen LogP contribution in [0.15, 0.2) is 42.0 Å². The zero-order chi connectivity index (χ0) is 42.1. The first-order chi connectivity index (χ1) is 25.8. The van der Waals surface area contributed by atoms with Crippen molar-refractivity contribution < 1.29 is 42.9 Å². The molecule has 0 atom stereocenters. The number of ketones is 1. The van der Waals surface area contributed by atoms with Crippen molar-refractivity contribution in [1.82, 2.24) is 25.3 Å². The Morgan fingerprint density at radius 1 is 0.571 bits per heavy atom. The van der Waals surface area contributed by atoms with Gasteiger partial charge in [-0.3, -0.25) is 4.79 Å². The second kappa shape index (κ2) is 18.9. The SMILES string of the molecule is CC(C)(C)OC(=O)NCCN(CCN(CCN(CCNCC1=Cc2cccc3cccc(c23)C1=O)C(=O)OC(C)(C)C)C(=O)OC(C)(C)C)C(=O)OC(C)(C)C. The van der Waals surface area contributed by atoms with Crippen molar-refractivity contribution in [3.05, 3.63) is 53.1 Å². The number of Topliss-reactive ketones (excluding diaryl/α,β-unsaturated/α-hetero) is 1. The Hall–Kier alpha value is -4.85. The highest BCUT2D eigenvalue weighted by atomic mass is 16.6. The molecule has 2 aromatic rings. The van der Waals surface area contributed by atoms with Crippen LogP contribution in [0.4, 0.5) is 19.2 Å². The fraction of sp³-hybridized carbons (Fsp3) is 0.595. The van der Waals surface area contributed by atoms with Gasteiger partial charge in [0.1, 0.15) is 22.4 Å². The summed E-state index contributed by atoms with van der Waals surface area (Å²) in [7, 11) is 0. The molecule has 2 N–H and O–H groups in total. The first kappa shape index (κ1) is 45.5. The summed E-state index contributed by atoms with van der Waals surface area (Å²) in [6.45, 7) is 22.3. The average molecular weight is 782 g/mol. The van der Waals surface area contributed by atoms with Gasteiger partial charge in [-0.2, -0.15) is 0 Å². The van der Waals surface area contributed by atoms with E-state index in [-0.39, 0.29) is 51.6 Å². The largest absolute Gasteiger partial charge is 0.444 e. The molecule has 14 nitrogen and oxygen atoms in total. The monoisotopic (exact) mass is 781 g/mol. The highest BCUT2D eigenvalue weighted by Gasteiger charge is 2.29. The van der Waals surface area contributed by atoms with Crippen molar-refractivity contribution in [2.75, 3.05) is 58.9 Å². The van der Waals surface area contributed by atoms with Crippen LogP contribution in [0, 0.1) is 0 Å². The van der Waals surface area contributed by atoms with Gasteiger partial charge in [-0.05, 0) is 100 Å². The fourth-order valence-electron chi connectivity index (χ4n) is 5.63. The molecule has 310 valence electrons. The standard InChI is InChI=1S/C42H63N5O9/c1-39(2,3)53-35(49)44-20-22-46(37(51)55-41(7,8)9)24-26-47(38(52)56-42(10,11)12)25-23-45(36(50)54-40(4,5)6)21-19-43-28-31-27-30-17-13-15-29-16-14-18-32(33(29)30)34(31)48/h13-18,27,43H,19-26,28H2,1-12H3,(H,44,49). The number of carbonyl (C=O) groups is 5. The van der Waals surface area contributed by atoms with E-state index in [4.69, 9.17) is 18.9 Å². The molecule has 0 aliphatic heterocycles. The van der Waals surface area contributed by atoms with Crippen molar-refractivity contribution in [2.24, 2.45) is 0 Å². The fourth-order valence-corrected chi connectivity index (χ4v) is 5.63. The zero-order valence-corrected chi connectivity index (χ0v) is 35.4. The normalized spacial score (nSPS) is 13.1. The van der Waals surface area contributed by atoms with Gasteiger partial charge in [0.25, 0.3) is 0 Å². The van der Waals surface area contributed by atoms with Crippen molar-refractivity contribution in [3.63, 3.8) is 0 Å². The van der Waals surface area contributed by atoms with Crippen molar-refractivity contribution >= 4 is 47.0 Å². The molecule has 0 aromatic heterocycles. The lowest BCUT2D eigenvalue weighted by molar-refractivity contribution is 0.00839. The highest BCUT2D eigenvalue weighted by molar-refractivity contribution is 6.23. The highest BCUT2D eigenvalue weighted by Crippen LogP contribution is 2.31. The molecule has 0 heterocycles. The Morgan fingerprint density at radius 2 is 1.00 bits per heavy atom. The van der Waals surface area contributed by atoms with Crippen LogP contribution in [0.5, 0.6) is 0 Å². The van der Waals surface area contributed by atoms with Crippen LogP contribution in [0.2, 0.25) is 0 Å². The van der Waals surface area contributed by atoms with E-state index in [2.05, 4.69) is 10.6 Å². The predicted molar refractivity (Wildman–Crippen MR) is 217 cm³/mol. The number of ether oxygens (including phenoxy) is 4. The van der Waals surface area contributed by atoms with Crippen LogP contribution in [0.1, 0.15) is 99.0 Å². The van der Waals surface area contributed by atoms with Crippen molar-refractivity contribution in [1.29, 1.82) is 0 Å². The molecule has 1 aliphatic rings. The average Bonchev–Trinajstić information content (AvgIpc) is 3.03. The van der Waals surface area contributed by atoms with Crippen molar-refractivity contribution in [3.8, 4) is 0 Å². The van der Waals surface area contributed by atoms with Gasteiger partial charge in [0, 0.05) is 75.4 Å². The molecule has 3 rings (SSSR count). The first-order valence-corrected chi connectivity index (χ1v) is 19.2. The van der Waals surface area contributed by atoms with Crippen LogP contribution in [0.3, 0.4) is 0 Å². The summed E-state index contributed by atoms with van der Waals surface area (Å²) in [5.41, 5.74) is -0.810. The number of nitrogens with one attached hydrogen (secondary N) is 2. The van der Waals surface area contributed by atoms with Gasteiger partial charge in [-0.15, -0.1) is 0 Å². The van der Waals surface area contributed by atoms with Gasteiger partial charge < -0.3 is 44.3 Å². The number of benzene rings is 2. The van der Waals surface area contributed by atoms with E-state index in [0.29, 0.717) is 24.2 Å². The molecule has 0 unspecified atom stereocenters. The summed E-state index contributed by atoms with van der Waals surface area (Å²) in [6.07, 6.45) is -0.544. The number of carbonyl (C=O) groups excluding carboxylic acids is 5. The Kier molecular flexibility index (Phi) is 15.3. The van der Waals surface area contributed by atoms with Crippen LogP contribution in [-0.2, 0) is 18.9 Å². The van der Waals surface area contributed by atoms with Crippen LogP contribution >= 0.6 is 0 Å². The molecule has 2 aromatic carbocycles. The van der Waals surface area contributed by atoms with E-state index in [0.717, 1.165) is 16.3 Å². The molecular weight excluding hydrogens is 718 g/mol. The summed E-state index contributed by atoms with van der Waals surface area (Å²) >= 11 is 0. The Morgan fingerprint density at radius 3 is 1.46 bits per heavy atom. The molecule has 4 amide bonds. The molecule has 0 saturated heterocycles. The number of amides is 4. The summed E-state index contributed by atoms with van der Waals surface area (Å²) in [5.74, 6) is -0.0418. The molecule has 0 spiro atoms. The predicted octanol–water partition coefficient (Wildman–Crippen LogP) is 7.25. The summed E-state index contributed by atoms with van der Waals surface area (Å²) < 4.78 is 22.4. The number of hydrogen-bond acceptors (Lipinski definition) is 10. The summed E-state index contributed by atoms with van der Waals surface area (Å²) in [6, 6.07) is 11.7. The lowest BCUT2D eigenvalue weighted by Gasteiger charge is -2.33. The molecule has 0 radical (unpaired) electrons. The number of nitrogens with zero attached hydrogens (tertiary/aromatic N) is 3. The molecular formula is C42H63N5O9. The van der Waals surface area contributed by atoms with Crippen LogP contribution in [0.25, 0.3) is 16.8 Å². The molecule has 14 heteroatoms. The Balaban J connectivity index is 1.73. The maximum atomic E-state index is 13.5. The van der Waals surface area contributed by atoms with Gasteiger partial charge in [0.05, 0.1) is 0 Å². The minimum absolute atomic E-state index is 0.0332. The van der Waals surface area contributed by atoms with Crippen LogP contribution < -0.4 is 10.6 Å². The lowest BCUT2D eigenvalue weighted by atomic mass is 9.88. The maximum absolute atomic E-state index is 13.5. The van der Waals surface area contributed by atoms with Gasteiger partial charge >= 0.3 is 24.4 Å². The van der Waals surface area contributed by atoms with E-state index < -0.39 is 46.8 Å². The van der Waals surface area contributed by atoms with Gasteiger partial charge in [-0.1, -0.05) is 36.4 Å². The quantitative estimate of drug-likeness (QED) is 0.148. The van der Waals surface area contributed by atoms with Gasteiger partial charge in [-0.25, -0.2) is 19.2 Å². The van der Waals surface area contributed by atoms with Gasteiger partial charge in [0.2, 0.25) is 0 Å². The topological polar surface area (TPSA) is 156 Å². The third-order valence-corrected chi connectivity index (χ3v) is 7.96. The van der Waals surface area contributed by atoms with E-state index >= 15 is 0 Å². The number of hydrogen-bond donors (Lipinski definition) is 2. The maximum Gasteiger partial charge on any atom is 0.410 e. The molecule has 1 aliphatic carbocycles. The lowest BCUT2D eigenvalue weighted by Crippen LogP contribution is -2.49. The van der Waals surface area contributed by atoms with Crippen LogP contribution in [-0.4, -0.2) is 126 Å².